The summed E-state index contributed by atoms with van der Waals surface area (Å²) in [5.74, 6) is 0. The van der Waals surface area contributed by atoms with Crippen molar-refractivity contribution in [2.75, 3.05) is 18.4 Å². The van der Waals surface area contributed by atoms with Crippen LogP contribution in [0.15, 0.2) is 24.3 Å². The molecule has 1 aliphatic heterocycles. The van der Waals surface area contributed by atoms with Crippen LogP contribution in [-0.2, 0) is 4.74 Å². The number of likely N-dealkylation sites (tertiary alicyclic amines) is 1. The Balaban J connectivity index is 1.88. The molecule has 1 aliphatic rings. The van der Waals surface area contributed by atoms with Crippen molar-refractivity contribution in [2.45, 2.75) is 45.8 Å². The molecule has 0 spiro atoms. The minimum atomic E-state index is -0.431. The minimum absolute atomic E-state index is 0.217. The van der Waals surface area contributed by atoms with Gasteiger partial charge in [0.2, 0.25) is 0 Å². The predicted octanol–water partition coefficient (Wildman–Crippen LogP) is 3.42. The molecule has 4 nitrogen and oxygen atoms in total. The first-order valence-electron chi connectivity index (χ1n) is 7.14. The number of carbonyl (C=O) groups is 1. The molecule has 1 heterocycles. The fraction of sp³-hybridized carbons (Fsp3) is 0.562. The molecule has 1 saturated heterocycles. The van der Waals surface area contributed by atoms with Crippen molar-refractivity contribution >= 4 is 11.8 Å². The zero-order valence-electron chi connectivity index (χ0n) is 12.8. The number of aryl methyl sites for hydroxylation is 1. The van der Waals surface area contributed by atoms with Crippen LogP contribution in [0.1, 0.15) is 32.8 Å². The summed E-state index contributed by atoms with van der Waals surface area (Å²) in [6.45, 7) is 9.20. The Morgan fingerprint density at radius 3 is 2.80 bits per heavy atom. The van der Waals surface area contributed by atoms with Gasteiger partial charge in [-0.05, 0) is 51.8 Å². The lowest BCUT2D eigenvalue weighted by molar-refractivity contribution is 0.0293. The molecule has 0 bridgehead atoms. The van der Waals surface area contributed by atoms with E-state index in [4.69, 9.17) is 4.74 Å². The van der Waals surface area contributed by atoms with Gasteiger partial charge in [0.25, 0.3) is 0 Å². The van der Waals surface area contributed by atoms with E-state index in [0.29, 0.717) is 12.6 Å². The van der Waals surface area contributed by atoms with Crippen LogP contribution in [0.25, 0.3) is 0 Å². The van der Waals surface area contributed by atoms with E-state index < -0.39 is 5.60 Å². The molecule has 1 unspecified atom stereocenters. The summed E-state index contributed by atoms with van der Waals surface area (Å²) in [6, 6.07) is 8.59. The Kier molecular flexibility index (Phi) is 4.21. The van der Waals surface area contributed by atoms with Gasteiger partial charge in [0, 0.05) is 24.8 Å². The van der Waals surface area contributed by atoms with Crippen molar-refractivity contribution in [3.63, 3.8) is 0 Å². The van der Waals surface area contributed by atoms with Crippen molar-refractivity contribution in [1.82, 2.24) is 4.90 Å². The fourth-order valence-electron chi connectivity index (χ4n) is 2.34. The normalized spacial score (nSPS) is 19.0. The van der Waals surface area contributed by atoms with E-state index in [1.807, 2.05) is 26.8 Å². The standard InChI is InChI=1S/C16H24N2O2/c1-12-6-5-7-13(10-12)17-14-8-9-18(11-14)15(19)20-16(2,3)4/h5-7,10,14,17H,8-9,11H2,1-4H3. The average molecular weight is 276 g/mol. The first kappa shape index (κ1) is 14.7. The number of hydrogen-bond donors (Lipinski definition) is 1. The Morgan fingerprint density at radius 1 is 1.40 bits per heavy atom. The van der Waals surface area contributed by atoms with Gasteiger partial charge in [-0.15, -0.1) is 0 Å². The van der Waals surface area contributed by atoms with Crippen LogP contribution >= 0.6 is 0 Å². The number of rotatable bonds is 2. The molecule has 4 heteroatoms. The number of carbonyl (C=O) groups excluding carboxylic acids is 1. The van der Waals surface area contributed by atoms with E-state index in [1.54, 1.807) is 4.90 Å². The Labute approximate surface area is 121 Å². The third-order valence-electron chi connectivity index (χ3n) is 3.23. The zero-order valence-corrected chi connectivity index (χ0v) is 12.8. The van der Waals surface area contributed by atoms with Gasteiger partial charge in [0.05, 0.1) is 0 Å². The van der Waals surface area contributed by atoms with Gasteiger partial charge in [-0.3, -0.25) is 0 Å². The van der Waals surface area contributed by atoms with Gasteiger partial charge in [-0.25, -0.2) is 4.79 Å². The second-order valence-electron chi connectivity index (χ2n) is 6.43. The van der Waals surface area contributed by atoms with E-state index in [9.17, 15) is 4.79 Å². The molecule has 110 valence electrons. The molecule has 0 radical (unpaired) electrons. The topological polar surface area (TPSA) is 41.6 Å². The molecule has 0 aliphatic carbocycles. The lowest BCUT2D eigenvalue weighted by atomic mass is 10.2. The largest absolute Gasteiger partial charge is 0.444 e. The molecule has 1 aromatic rings. The smallest absolute Gasteiger partial charge is 0.410 e. The zero-order chi connectivity index (χ0) is 14.8. The molecule has 20 heavy (non-hydrogen) atoms. The van der Waals surface area contributed by atoms with Gasteiger partial charge in [-0.2, -0.15) is 0 Å². The lowest BCUT2D eigenvalue weighted by Crippen LogP contribution is -2.36. The van der Waals surface area contributed by atoms with Gasteiger partial charge >= 0.3 is 6.09 Å². The molecular weight excluding hydrogens is 252 g/mol. The molecule has 1 atom stereocenters. The van der Waals surface area contributed by atoms with Crippen molar-refractivity contribution in [3.05, 3.63) is 29.8 Å². The van der Waals surface area contributed by atoms with Crippen LogP contribution < -0.4 is 5.32 Å². The summed E-state index contributed by atoms with van der Waals surface area (Å²) in [5, 5.41) is 3.48. The summed E-state index contributed by atoms with van der Waals surface area (Å²) in [5.41, 5.74) is 1.91. The quantitative estimate of drug-likeness (QED) is 0.900. The van der Waals surface area contributed by atoms with E-state index >= 15 is 0 Å². The van der Waals surface area contributed by atoms with E-state index in [-0.39, 0.29) is 6.09 Å². The van der Waals surface area contributed by atoms with Crippen LogP contribution in [-0.4, -0.2) is 35.7 Å². The molecule has 1 aromatic carbocycles. The maximum Gasteiger partial charge on any atom is 0.410 e. The molecule has 2 rings (SSSR count). The summed E-state index contributed by atoms with van der Waals surface area (Å²) >= 11 is 0. The second kappa shape index (κ2) is 5.73. The summed E-state index contributed by atoms with van der Waals surface area (Å²) in [7, 11) is 0. The maximum atomic E-state index is 12.0. The van der Waals surface area contributed by atoms with E-state index in [0.717, 1.165) is 18.7 Å². The fourth-order valence-corrected chi connectivity index (χ4v) is 2.34. The van der Waals surface area contributed by atoms with E-state index in [1.165, 1.54) is 5.56 Å². The molecule has 0 saturated carbocycles. The number of benzene rings is 1. The number of anilines is 1. The number of nitrogens with zero attached hydrogens (tertiary/aromatic N) is 1. The van der Waals surface area contributed by atoms with Crippen molar-refractivity contribution in [1.29, 1.82) is 0 Å². The third-order valence-corrected chi connectivity index (χ3v) is 3.23. The molecule has 1 amide bonds. The van der Waals surface area contributed by atoms with Crippen LogP contribution in [0.5, 0.6) is 0 Å². The van der Waals surface area contributed by atoms with Crippen molar-refractivity contribution < 1.29 is 9.53 Å². The summed E-state index contributed by atoms with van der Waals surface area (Å²) in [6.07, 6.45) is 0.735. The van der Waals surface area contributed by atoms with Crippen LogP contribution in [0.2, 0.25) is 0 Å². The number of ether oxygens (including phenoxy) is 1. The molecule has 0 aromatic heterocycles. The number of hydrogen-bond acceptors (Lipinski definition) is 3. The highest BCUT2D eigenvalue weighted by Crippen LogP contribution is 2.19. The number of amides is 1. The van der Waals surface area contributed by atoms with Crippen molar-refractivity contribution in [3.8, 4) is 0 Å². The molecule has 1 N–H and O–H groups in total. The highest BCUT2D eigenvalue weighted by molar-refractivity contribution is 5.68. The summed E-state index contributed by atoms with van der Waals surface area (Å²) in [4.78, 5) is 13.8. The average Bonchev–Trinajstić information content (AvgIpc) is 2.75. The monoisotopic (exact) mass is 276 g/mol. The summed E-state index contributed by atoms with van der Waals surface area (Å²) < 4.78 is 5.40. The van der Waals surface area contributed by atoms with Crippen LogP contribution in [0.4, 0.5) is 10.5 Å². The van der Waals surface area contributed by atoms with Gasteiger partial charge in [0.15, 0.2) is 0 Å². The van der Waals surface area contributed by atoms with Crippen molar-refractivity contribution in [2.24, 2.45) is 0 Å². The van der Waals surface area contributed by atoms with Crippen LogP contribution in [0, 0.1) is 6.92 Å². The van der Waals surface area contributed by atoms with Crippen LogP contribution in [0.3, 0.4) is 0 Å². The highest BCUT2D eigenvalue weighted by atomic mass is 16.6. The SMILES string of the molecule is Cc1cccc(NC2CCN(C(=O)OC(C)(C)C)C2)c1. The minimum Gasteiger partial charge on any atom is -0.444 e. The molecule has 1 fully saturated rings. The Morgan fingerprint density at radius 2 is 2.15 bits per heavy atom. The Hall–Kier alpha value is -1.71. The highest BCUT2D eigenvalue weighted by Gasteiger charge is 2.29. The first-order valence-corrected chi connectivity index (χ1v) is 7.14. The van der Waals surface area contributed by atoms with Gasteiger partial charge in [-0.1, -0.05) is 12.1 Å². The third kappa shape index (κ3) is 4.15. The van der Waals surface area contributed by atoms with Gasteiger partial charge in [0.1, 0.15) is 5.60 Å². The predicted molar refractivity (Wildman–Crippen MR) is 81.0 cm³/mol. The molecular formula is C16H24N2O2. The number of nitrogens with one attached hydrogen (secondary N) is 1. The second-order valence-corrected chi connectivity index (χ2v) is 6.43. The van der Waals surface area contributed by atoms with Gasteiger partial charge < -0.3 is 15.0 Å². The lowest BCUT2D eigenvalue weighted by Gasteiger charge is -2.24. The maximum absolute atomic E-state index is 12.0. The Bertz CT molecular complexity index is 480. The van der Waals surface area contributed by atoms with E-state index in [2.05, 4.69) is 30.4 Å². The first-order chi connectivity index (χ1) is 9.33.